The minimum atomic E-state index is 0.809. The van der Waals surface area contributed by atoms with Gasteiger partial charge in [-0.1, -0.05) is 6.07 Å². The van der Waals surface area contributed by atoms with Crippen LogP contribution in [-0.2, 0) is 5.75 Å². The van der Waals surface area contributed by atoms with Crippen LogP contribution in [0.4, 0.5) is 5.69 Å². The number of benzene rings is 1. The molecule has 0 aliphatic heterocycles. The molecule has 0 aliphatic rings. The average Bonchev–Trinajstić information content (AvgIpc) is 2.09. The maximum Gasteiger partial charge on any atom is 0.120 e. The van der Waals surface area contributed by atoms with Crippen LogP contribution >= 0.6 is 11.8 Å². The first kappa shape index (κ1) is 9.26. The zero-order valence-electron chi connectivity index (χ0n) is 7.33. The van der Waals surface area contributed by atoms with Gasteiger partial charge in [0.2, 0.25) is 0 Å². The van der Waals surface area contributed by atoms with Crippen LogP contribution in [0.2, 0.25) is 0 Å². The molecule has 2 nitrogen and oxygen atoms in total. The van der Waals surface area contributed by atoms with Gasteiger partial charge in [-0.15, -0.1) is 0 Å². The van der Waals surface area contributed by atoms with Crippen molar-refractivity contribution in [2.45, 2.75) is 5.75 Å². The Balaban J connectivity index is 2.87. The van der Waals surface area contributed by atoms with E-state index in [1.165, 1.54) is 5.56 Å². The molecule has 0 aliphatic carbocycles. The Morgan fingerprint density at radius 1 is 1.50 bits per heavy atom. The summed E-state index contributed by atoms with van der Waals surface area (Å²) in [5, 5.41) is 0. The molecule has 0 aromatic heterocycles. The molecule has 1 rings (SSSR count). The first-order valence-electron chi connectivity index (χ1n) is 3.69. The standard InChI is InChI=1S/C9H13NOS/c1-11-8-4-3-7(6-12-2)9(10)5-8/h3-5H,6,10H2,1-2H3. The van der Waals surface area contributed by atoms with E-state index < -0.39 is 0 Å². The fourth-order valence-electron chi connectivity index (χ4n) is 0.987. The van der Waals surface area contributed by atoms with E-state index in [1.807, 2.05) is 18.2 Å². The number of anilines is 1. The summed E-state index contributed by atoms with van der Waals surface area (Å²) in [6, 6.07) is 5.79. The highest BCUT2D eigenvalue weighted by molar-refractivity contribution is 7.97. The third-order valence-electron chi connectivity index (χ3n) is 1.65. The quantitative estimate of drug-likeness (QED) is 0.729. The van der Waals surface area contributed by atoms with Gasteiger partial charge in [0.05, 0.1) is 7.11 Å². The summed E-state index contributed by atoms with van der Waals surface area (Å²) in [6.45, 7) is 0. The van der Waals surface area contributed by atoms with Gasteiger partial charge < -0.3 is 10.5 Å². The Bertz CT molecular complexity index is 263. The van der Waals surface area contributed by atoms with E-state index in [2.05, 4.69) is 6.26 Å². The summed E-state index contributed by atoms with van der Waals surface area (Å²) >= 11 is 1.76. The van der Waals surface area contributed by atoms with Gasteiger partial charge in [-0.2, -0.15) is 11.8 Å². The number of methoxy groups -OCH3 is 1. The van der Waals surface area contributed by atoms with E-state index >= 15 is 0 Å². The minimum Gasteiger partial charge on any atom is -0.497 e. The van der Waals surface area contributed by atoms with Gasteiger partial charge in [0.25, 0.3) is 0 Å². The van der Waals surface area contributed by atoms with Crippen molar-refractivity contribution in [3.8, 4) is 5.75 Å². The van der Waals surface area contributed by atoms with Crippen LogP contribution in [0.1, 0.15) is 5.56 Å². The molecular weight excluding hydrogens is 170 g/mol. The van der Waals surface area contributed by atoms with E-state index in [4.69, 9.17) is 10.5 Å². The van der Waals surface area contributed by atoms with Gasteiger partial charge in [0.1, 0.15) is 5.75 Å². The fraction of sp³-hybridized carbons (Fsp3) is 0.333. The molecule has 12 heavy (non-hydrogen) atoms. The van der Waals surface area contributed by atoms with Crippen molar-refractivity contribution in [2.75, 3.05) is 19.1 Å². The van der Waals surface area contributed by atoms with Gasteiger partial charge in [-0.3, -0.25) is 0 Å². The highest BCUT2D eigenvalue weighted by atomic mass is 32.2. The molecule has 0 saturated heterocycles. The summed E-state index contributed by atoms with van der Waals surface area (Å²) in [6.07, 6.45) is 2.06. The first-order valence-corrected chi connectivity index (χ1v) is 5.08. The molecule has 0 radical (unpaired) electrons. The normalized spacial score (nSPS) is 9.83. The number of rotatable bonds is 3. The lowest BCUT2D eigenvalue weighted by atomic mass is 10.2. The molecule has 0 heterocycles. The number of ether oxygens (including phenoxy) is 1. The summed E-state index contributed by atoms with van der Waals surface area (Å²) in [5.41, 5.74) is 7.77. The number of nitrogen functional groups attached to an aromatic ring is 1. The molecule has 0 atom stereocenters. The lowest BCUT2D eigenvalue weighted by Crippen LogP contribution is -1.93. The lowest BCUT2D eigenvalue weighted by Gasteiger charge is -2.05. The molecule has 0 bridgehead atoms. The van der Waals surface area contributed by atoms with Crippen molar-refractivity contribution in [1.29, 1.82) is 0 Å². The average molecular weight is 183 g/mol. The molecule has 0 saturated carbocycles. The molecule has 0 unspecified atom stereocenters. The van der Waals surface area contributed by atoms with Gasteiger partial charge >= 0.3 is 0 Å². The van der Waals surface area contributed by atoms with Gasteiger partial charge in [-0.05, 0) is 17.9 Å². The SMILES string of the molecule is COc1ccc(CSC)c(N)c1. The second-order valence-corrected chi connectivity index (χ2v) is 3.36. The van der Waals surface area contributed by atoms with Crippen molar-refractivity contribution in [2.24, 2.45) is 0 Å². The highest BCUT2D eigenvalue weighted by Crippen LogP contribution is 2.22. The second kappa shape index (κ2) is 4.26. The smallest absolute Gasteiger partial charge is 0.120 e. The number of thioether (sulfide) groups is 1. The van der Waals surface area contributed by atoms with Crippen LogP contribution in [0.15, 0.2) is 18.2 Å². The van der Waals surface area contributed by atoms with Crippen molar-refractivity contribution < 1.29 is 4.74 Å². The van der Waals surface area contributed by atoms with Crippen molar-refractivity contribution in [1.82, 2.24) is 0 Å². The third kappa shape index (κ3) is 2.08. The Labute approximate surface area is 77.1 Å². The number of nitrogens with two attached hydrogens (primary N) is 1. The van der Waals surface area contributed by atoms with Crippen LogP contribution in [-0.4, -0.2) is 13.4 Å². The molecule has 0 fully saturated rings. The zero-order chi connectivity index (χ0) is 8.97. The minimum absolute atomic E-state index is 0.809. The molecule has 1 aromatic carbocycles. The van der Waals surface area contributed by atoms with Crippen LogP contribution in [0.3, 0.4) is 0 Å². The van der Waals surface area contributed by atoms with Crippen molar-refractivity contribution in [3.63, 3.8) is 0 Å². The van der Waals surface area contributed by atoms with E-state index in [0.29, 0.717) is 0 Å². The highest BCUT2D eigenvalue weighted by Gasteiger charge is 1.99. The third-order valence-corrected chi connectivity index (χ3v) is 2.25. The van der Waals surface area contributed by atoms with E-state index in [1.54, 1.807) is 18.9 Å². The monoisotopic (exact) mass is 183 g/mol. The lowest BCUT2D eigenvalue weighted by molar-refractivity contribution is 0.415. The zero-order valence-corrected chi connectivity index (χ0v) is 8.15. The Hall–Kier alpha value is -0.830. The van der Waals surface area contributed by atoms with Gasteiger partial charge in [0.15, 0.2) is 0 Å². The fourth-order valence-corrected chi connectivity index (χ4v) is 1.56. The number of hydrogen-bond acceptors (Lipinski definition) is 3. The molecule has 0 amide bonds. The second-order valence-electron chi connectivity index (χ2n) is 2.50. The first-order chi connectivity index (χ1) is 5.77. The Kier molecular flexibility index (Phi) is 3.29. The molecule has 2 N–H and O–H groups in total. The van der Waals surface area contributed by atoms with Crippen molar-refractivity contribution >= 4 is 17.4 Å². The summed E-state index contributed by atoms with van der Waals surface area (Å²) in [5.74, 6) is 1.77. The van der Waals surface area contributed by atoms with E-state index in [0.717, 1.165) is 17.2 Å². The van der Waals surface area contributed by atoms with E-state index in [-0.39, 0.29) is 0 Å². The van der Waals surface area contributed by atoms with Gasteiger partial charge in [0, 0.05) is 17.5 Å². The Morgan fingerprint density at radius 2 is 2.25 bits per heavy atom. The van der Waals surface area contributed by atoms with Crippen LogP contribution in [0.5, 0.6) is 5.75 Å². The molecule has 66 valence electrons. The Morgan fingerprint density at radius 3 is 2.75 bits per heavy atom. The predicted octanol–water partition coefficient (Wildman–Crippen LogP) is 2.14. The molecule has 0 spiro atoms. The maximum atomic E-state index is 5.79. The van der Waals surface area contributed by atoms with Crippen LogP contribution in [0.25, 0.3) is 0 Å². The molecular formula is C9H13NOS. The molecule has 3 heteroatoms. The van der Waals surface area contributed by atoms with Crippen LogP contribution < -0.4 is 10.5 Å². The van der Waals surface area contributed by atoms with Gasteiger partial charge in [-0.25, -0.2) is 0 Å². The molecule has 1 aromatic rings. The van der Waals surface area contributed by atoms with Crippen molar-refractivity contribution in [3.05, 3.63) is 23.8 Å². The number of hydrogen-bond donors (Lipinski definition) is 1. The predicted molar refractivity (Wildman–Crippen MR) is 54.6 cm³/mol. The van der Waals surface area contributed by atoms with E-state index in [9.17, 15) is 0 Å². The maximum absolute atomic E-state index is 5.79. The summed E-state index contributed by atoms with van der Waals surface area (Å²) in [7, 11) is 1.64. The topological polar surface area (TPSA) is 35.2 Å². The summed E-state index contributed by atoms with van der Waals surface area (Å²) in [4.78, 5) is 0. The largest absolute Gasteiger partial charge is 0.497 e. The summed E-state index contributed by atoms with van der Waals surface area (Å²) < 4.78 is 5.04. The van der Waals surface area contributed by atoms with Crippen LogP contribution in [0, 0.1) is 0 Å².